The highest BCUT2D eigenvalue weighted by molar-refractivity contribution is 5.75. The Morgan fingerprint density at radius 2 is 1.86 bits per heavy atom. The van der Waals surface area contributed by atoms with Crippen molar-refractivity contribution in [2.24, 2.45) is 5.92 Å². The van der Waals surface area contributed by atoms with E-state index in [0.717, 1.165) is 36.8 Å². The van der Waals surface area contributed by atoms with Gasteiger partial charge in [0.15, 0.2) is 0 Å². The minimum Gasteiger partial charge on any atom is -0.477 e. The number of para-hydroxylation sites is 2. The zero-order valence-corrected chi connectivity index (χ0v) is 17.1. The number of hydrogen-bond donors (Lipinski definition) is 0. The maximum absolute atomic E-state index is 12.3. The number of piperidine rings is 1. The van der Waals surface area contributed by atoms with Gasteiger partial charge in [-0.05, 0) is 58.1 Å². The quantitative estimate of drug-likeness (QED) is 0.770. The summed E-state index contributed by atoms with van der Waals surface area (Å²) in [6, 6.07) is 7.62. The van der Waals surface area contributed by atoms with E-state index in [2.05, 4.69) is 9.97 Å². The fourth-order valence-corrected chi connectivity index (χ4v) is 3.31. The van der Waals surface area contributed by atoms with Crippen LogP contribution in [0.15, 0.2) is 24.3 Å². The number of fused-ring (bicyclic) bond motifs is 1. The van der Waals surface area contributed by atoms with Crippen molar-refractivity contribution in [3.63, 3.8) is 0 Å². The van der Waals surface area contributed by atoms with Gasteiger partial charge < -0.3 is 19.1 Å². The van der Waals surface area contributed by atoms with Crippen molar-refractivity contribution in [2.45, 2.75) is 45.6 Å². The topological polar surface area (TPSA) is 73.8 Å². The van der Waals surface area contributed by atoms with Gasteiger partial charge in [0.25, 0.3) is 11.8 Å². The standard InChI is InChI=1S/C21H29N3O4/c1-21(2,3)28-20(25)24-12-7-8-15(14-24)11-13-27-19-18(26-4)22-16-9-5-6-10-17(16)23-19/h5-6,9-10,15H,7-8,11-14H2,1-4H3/t15-/m1/s1. The monoisotopic (exact) mass is 387 g/mol. The van der Waals surface area contributed by atoms with E-state index in [1.165, 1.54) is 0 Å². The molecule has 1 atom stereocenters. The molecule has 0 N–H and O–H groups in total. The van der Waals surface area contributed by atoms with Crippen LogP contribution in [0.5, 0.6) is 11.8 Å². The summed E-state index contributed by atoms with van der Waals surface area (Å²) < 4.78 is 16.7. The predicted molar refractivity (Wildman–Crippen MR) is 107 cm³/mol. The molecular formula is C21H29N3O4. The van der Waals surface area contributed by atoms with Crippen LogP contribution in [-0.4, -0.2) is 53.4 Å². The van der Waals surface area contributed by atoms with Crippen LogP contribution in [0.2, 0.25) is 0 Å². The normalized spacial score (nSPS) is 17.4. The van der Waals surface area contributed by atoms with Crippen molar-refractivity contribution in [3.05, 3.63) is 24.3 Å². The summed E-state index contributed by atoms with van der Waals surface area (Å²) >= 11 is 0. The Morgan fingerprint density at radius 1 is 1.18 bits per heavy atom. The summed E-state index contributed by atoms with van der Waals surface area (Å²) in [6.45, 7) is 7.60. The molecule has 2 aromatic rings. The van der Waals surface area contributed by atoms with Crippen molar-refractivity contribution in [2.75, 3.05) is 26.8 Å². The van der Waals surface area contributed by atoms with E-state index in [-0.39, 0.29) is 6.09 Å². The van der Waals surface area contributed by atoms with Gasteiger partial charge in [-0.3, -0.25) is 0 Å². The van der Waals surface area contributed by atoms with Gasteiger partial charge in [0, 0.05) is 13.1 Å². The van der Waals surface area contributed by atoms with Gasteiger partial charge in [0.2, 0.25) is 0 Å². The molecule has 1 amide bonds. The Labute approximate surface area is 166 Å². The zero-order valence-electron chi connectivity index (χ0n) is 17.1. The van der Waals surface area contributed by atoms with E-state index >= 15 is 0 Å². The molecule has 3 rings (SSSR count). The van der Waals surface area contributed by atoms with Crippen LogP contribution in [0, 0.1) is 5.92 Å². The molecule has 0 radical (unpaired) electrons. The summed E-state index contributed by atoms with van der Waals surface area (Å²) in [5.41, 5.74) is 1.07. The number of likely N-dealkylation sites (tertiary alicyclic amines) is 1. The Kier molecular flexibility index (Phi) is 6.21. The second-order valence-corrected chi connectivity index (χ2v) is 8.10. The first kappa shape index (κ1) is 20.2. The average molecular weight is 387 g/mol. The number of carbonyl (C=O) groups excluding carboxylic acids is 1. The van der Waals surface area contributed by atoms with Crippen molar-refractivity contribution >= 4 is 17.1 Å². The molecule has 152 valence electrons. The summed E-state index contributed by atoms with van der Waals surface area (Å²) in [5.74, 6) is 1.17. The number of hydrogen-bond acceptors (Lipinski definition) is 6. The smallest absolute Gasteiger partial charge is 0.410 e. The number of aromatic nitrogens is 2. The van der Waals surface area contributed by atoms with Crippen LogP contribution in [0.3, 0.4) is 0 Å². The first-order valence-electron chi connectivity index (χ1n) is 9.77. The molecule has 0 saturated carbocycles. The highest BCUT2D eigenvalue weighted by Gasteiger charge is 2.27. The number of carbonyl (C=O) groups is 1. The SMILES string of the molecule is COc1nc2ccccc2nc1OCC[C@H]1CCCN(C(=O)OC(C)(C)C)C1. The Morgan fingerprint density at radius 3 is 2.50 bits per heavy atom. The minimum absolute atomic E-state index is 0.236. The van der Waals surface area contributed by atoms with E-state index < -0.39 is 5.60 Å². The molecule has 1 aromatic carbocycles. The Balaban J connectivity index is 1.56. The third-order valence-corrected chi connectivity index (χ3v) is 4.64. The van der Waals surface area contributed by atoms with Crippen molar-refractivity contribution in [3.8, 4) is 11.8 Å². The molecule has 0 spiro atoms. The minimum atomic E-state index is -0.474. The molecule has 2 heterocycles. The molecule has 28 heavy (non-hydrogen) atoms. The summed E-state index contributed by atoms with van der Waals surface area (Å²) in [5, 5.41) is 0. The third kappa shape index (κ3) is 5.24. The number of amides is 1. The maximum Gasteiger partial charge on any atom is 0.410 e. The fraction of sp³-hybridized carbons (Fsp3) is 0.571. The largest absolute Gasteiger partial charge is 0.477 e. The second-order valence-electron chi connectivity index (χ2n) is 8.10. The number of benzene rings is 1. The third-order valence-electron chi connectivity index (χ3n) is 4.64. The Bertz CT molecular complexity index is 819. The average Bonchev–Trinajstić information content (AvgIpc) is 2.66. The first-order valence-corrected chi connectivity index (χ1v) is 9.77. The van der Waals surface area contributed by atoms with Crippen LogP contribution in [0.4, 0.5) is 4.79 Å². The highest BCUT2D eigenvalue weighted by Crippen LogP contribution is 2.27. The van der Waals surface area contributed by atoms with Crippen LogP contribution in [0.1, 0.15) is 40.0 Å². The van der Waals surface area contributed by atoms with Crippen molar-refractivity contribution in [1.82, 2.24) is 14.9 Å². The van der Waals surface area contributed by atoms with Crippen LogP contribution >= 0.6 is 0 Å². The molecule has 1 saturated heterocycles. The predicted octanol–water partition coefficient (Wildman–Crippen LogP) is 4.05. The Hall–Kier alpha value is -2.57. The number of ether oxygens (including phenoxy) is 3. The van der Waals surface area contributed by atoms with E-state index in [0.29, 0.717) is 30.8 Å². The zero-order chi connectivity index (χ0) is 20.1. The van der Waals surface area contributed by atoms with Gasteiger partial charge in [-0.1, -0.05) is 12.1 Å². The van der Waals surface area contributed by atoms with E-state index in [1.807, 2.05) is 45.0 Å². The molecule has 1 aliphatic rings. The molecule has 0 bridgehead atoms. The van der Waals surface area contributed by atoms with Gasteiger partial charge in [-0.2, -0.15) is 0 Å². The lowest BCUT2D eigenvalue weighted by Gasteiger charge is -2.34. The van der Waals surface area contributed by atoms with Gasteiger partial charge in [-0.25, -0.2) is 14.8 Å². The molecule has 1 fully saturated rings. The summed E-state index contributed by atoms with van der Waals surface area (Å²) in [7, 11) is 1.56. The van der Waals surface area contributed by atoms with Gasteiger partial charge in [-0.15, -0.1) is 0 Å². The molecule has 1 aromatic heterocycles. The lowest BCUT2D eigenvalue weighted by molar-refractivity contribution is 0.0154. The van der Waals surface area contributed by atoms with Gasteiger partial charge >= 0.3 is 6.09 Å². The molecule has 1 aliphatic heterocycles. The van der Waals surface area contributed by atoms with Crippen molar-refractivity contribution in [1.29, 1.82) is 0 Å². The van der Waals surface area contributed by atoms with Crippen LogP contribution in [0.25, 0.3) is 11.0 Å². The van der Waals surface area contributed by atoms with E-state index in [1.54, 1.807) is 12.0 Å². The van der Waals surface area contributed by atoms with Gasteiger partial charge in [0.05, 0.1) is 24.8 Å². The van der Waals surface area contributed by atoms with Gasteiger partial charge in [0.1, 0.15) is 5.60 Å². The summed E-state index contributed by atoms with van der Waals surface area (Å²) in [4.78, 5) is 23.1. The second kappa shape index (κ2) is 8.63. The van der Waals surface area contributed by atoms with Crippen molar-refractivity contribution < 1.29 is 19.0 Å². The maximum atomic E-state index is 12.3. The number of rotatable bonds is 5. The van der Waals surface area contributed by atoms with E-state index in [9.17, 15) is 4.79 Å². The molecule has 0 unspecified atom stereocenters. The highest BCUT2D eigenvalue weighted by atomic mass is 16.6. The van der Waals surface area contributed by atoms with Crippen LogP contribution < -0.4 is 9.47 Å². The lowest BCUT2D eigenvalue weighted by atomic mass is 9.95. The molecule has 7 heteroatoms. The molecule has 0 aliphatic carbocycles. The fourth-order valence-electron chi connectivity index (χ4n) is 3.31. The number of nitrogens with zero attached hydrogens (tertiary/aromatic N) is 3. The first-order chi connectivity index (χ1) is 13.4. The lowest BCUT2D eigenvalue weighted by Crippen LogP contribution is -2.43. The molecular weight excluding hydrogens is 358 g/mol. The number of methoxy groups -OCH3 is 1. The summed E-state index contributed by atoms with van der Waals surface area (Å²) in [6.07, 6.45) is 2.64. The molecule has 7 nitrogen and oxygen atoms in total. The van der Waals surface area contributed by atoms with Crippen LogP contribution in [-0.2, 0) is 4.74 Å². The van der Waals surface area contributed by atoms with E-state index in [4.69, 9.17) is 14.2 Å².